The van der Waals surface area contributed by atoms with Gasteiger partial charge in [-0.2, -0.15) is 10.2 Å². The summed E-state index contributed by atoms with van der Waals surface area (Å²) in [6, 6.07) is 13.2. The molecule has 0 aliphatic rings. The SMILES string of the molecule is COc1cc(P(C)(C)=O)ccc1Nc1ncc(C)c(Nc2ccc(C)cc2C#N)n1. The second-order valence-corrected chi connectivity index (χ2v) is 10.6. The van der Waals surface area contributed by atoms with Crippen molar-refractivity contribution in [2.75, 3.05) is 31.1 Å². The maximum absolute atomic E-state index is 12.4. The van der Waals surface area contributed by atoms with Crippen molar-refractivity contribution < 1.29 is 9.30 Å². The highest BCUT2D eigenvalue weighted by molar-refractivity contribution is 7.70. The number of nitriles is 1. The average molecular weight is 421 g/mol. The van der Waals surface area contributed by atoms with Gasteiger partial charge >= 0.3 is 0 Å². The van der Waals surface area contributed by atoms with Crippen LogP contribution in [0.2, 0.25) is 0 Å². The minimum absolute atomic E-state index is 0.371. The number of hydrogen-bond acceptors (Lipinski definition) is 7. The fraction of sp³-hybridized carbons (Fsp3) is 0.227. The lowest BCUT2D eigenvalue weighted by molar-refractivity contribution is 0.417. The molecular weight excluding hydrogens is 397 g/mol. The highest BCUT2D eigenvalue weighted by Crippen LogP contribution is 2.38. The Morgan fingerprint density at radius 1 is 1.07 bits per heavy atom. The smallest absolute Gasteiger partial charge is 0.229 e. The van der Waals surface area contributed by atoms with Crippen LogP contribution in [0.4, 0.5) is 23.1 Å². The maximum atomic E-state index is 12.4. The van der Waals surface area contributed by atoms with E-state index in [1.54, 1.807) is 38.8 Å². The summed E-state index contributed by atoms with van der Waals surface area (Å²) in [5.74, 6) is 1.52. The number of nitrogens with zero attached hydrogens (tertiary/aromatic N) is 3. The number of hydrogen-bond donors (Lipinski definition) is 2. The Morgan fingerprint density at radius 3 is 2.47 bits per heavy atom. The first-order valence-electron chi connectivity index (χ1n) is 9.33. The molecule has 1 aromatic heterocycles. The van der Waals surface area contributed by atoms with Crippen molar-refractivity contribution in [1.82, 2.24) is 9.97 Å². The van der Waals surface area contributed by atoms with Crippen LogP contribution >= 0.6 is 7.14 Å². The third-order valence-electron chi connectivity index (χ3n) is 4.57. The van der Waals surface area contributed by atoms with E-state index in [9.17, 15) is 9.83 Å². The van der Waals surface area contributed by atoms with Crippen LogP contribution in [0, 0.1) is 25.2 Å². The Bertz CT molecular complexity index is 1180. The van der Waals surface area contributed by atoms with Gasteiger partial charge in [0.25, 0.3) is 0 Å². The number of rotatable bonds is 6. The normalized spacial score (nSPS) is 10.9. The Balaban J connectivity index is 1.91. The molecule has 0 aliphatic heterocycles. The van der Waals surface area contributed by atoms with Gasteiger partial charge in [0.1, 0.15) is 24.8 Å². The molecule has 2 N–H and O–H groups in total. The van der Waals surface area contributed by atoms with Crippen molar-refractivity contribution in [3.63, 3.8) is 0 Å². The van der Waals surface area contributed by atoms with Gasteiger partial charge in [-0.25, -0.2) is 4.98 Å². The molecule has 0 radical (unpaired) electrons. The first-order valence-corrected chi connectivity index (χ1v) is 11.9. The molecule has 0 fully saturated rings. The van der Waals surface area contributed by atoms with E-state index in [1.165, 1.54) is 0 Å². The molecular formula is C22H24N5O2P. The van der Waals surface area contributed by atoms with Crippen LogP contribution in [0.25, 0.3) is 0 Å². The third-order valence-corrected chi connectivity index (χ3v) is 6.10. The zero-order valence-electron chi connectivity index (χ0n) is 17.6. The van der Waals surface area contributed by atoms with E-state index in [1.807, 2.05) is 38.1 Å². The topological polar surface area (TPSA) is 99.9 Å². The Hall–Kier alpha value is -3.36. The summed E-state index contributed by atoms with van der Waals surface area (Å²) in [4.78, 5) is 8.90. The summed E-state index contributed by atoms with van der Waals surface area (Å²) in [7, 11) is -0.841. The zero-order chi connectivity index (χ0) is 21.9. The molecule has 7 nitrogen and oxygen atoms in total. The lowest BCUT2D eigenvalue weighted by Gasteiger charge is -2.15. The van der Waals surface area contributed by atoms with Gasteiger partial charge in [0.15, 0.2) is 0 Å². The van der Waals surface area contributed by atoms with E-state index in [0.717, 1.165) is 16.4 Å². The van der Waals surface area contributed by atoms with Crippen molar-refractivity contribution in [1.29, 1.82) is 5.26 Å². The van der Waals surface area contributed by atoms with E-state index in [2.05, 4.69) is 26.7 Å². The van der Waals surface area contributed by atoms with Crippen LogP contribution in [0.5, 0.6) is 5.75 Å². The molecule has 8 heteroatoms. The van der Waals surface area contributed by atoms with Crippen LogP contribution in [0.15, 0.2) is 42.6 Å². The molecule has 0 spiro atoms. The van der Waals surface area contributed by atoms with Gasteiger partial charge in [-0.05, 0) is 63.1 Å². The van der Waals surface area contributed by atoms with Crippen molar-refractivity contribution in [3.05, 3.63) is 59.3 Å². The Labute approximate surface area is 176 Å². The number of nitrogens with one attached hydrogen (secondary N) is 2. The van der Waals surface area contributed by atoms with E-state index >= 15 is 0 Å². The standard InChI is InChI=1S/C22H24N5O2P/c1-14-6-8-18(16(10-14)12-23)25-21-15(2)13-24-22(27-21)26-19-9-7-17(30(4,5)28)11-20(19)29-3/h6-11,13H,1-5H3,(H2,24,25,26,27). The lowest BCUT2D eigenvalue weighted by Crippen LogP contribution is -2.07. The van der Waals surface area contributed by atoms with Crippen molar-refractivity contribution in [2.45, 2.75) is 13.8 Å². The first-order chi connectivity index (χ1) is 14.2. The third kappa shape index (κ3) is 4.79. The van der Waals surface area contributed by atoms with Crippen molar-refractivity contribution in [2.24, 2.45) is 0 Å². The molecule has 1 heterocycles. The Kier molecular flexibility index (Phi) is 6.09. The molecule has 0 amide bonds. The molecule has 2 aromatic carbocycles. The largest absolute Gasteiger partial charge is 0.495 e. The van der Waals surface area contributed by atoms with Crippen LogP contribution in [-0.2, 0) is 4.57 Å². The molecule has 0 atom stereocenters. The molecule has 0 saturated heterocycles. The summed E-state index contributed by atoms with van der Waals surface area (Å²) < 4.78 is 17.8. The molecule has 3 aromatic rings. The van der Waals surface area contributed by atoms with E-state index in [4.69, 9.17) is 4.74 Å². The maximum Gasteiger partial charge on any atom is 0.229 e. The number of ether oxygens (including phenoxy) is 1. The second-order valence-electron chi connectivity index (χ2n) is 7.37. The summed E-state index contributed by atoms with van der Waals surface area (Å²) >= 11 is 0. The van der Waals surface area contributed by atoms with Crippen LogP contribution in [0.3, 0.4) is 0 Å². The van der Waals surface area contributed by atoms with E-state index < -0.39 is 7.14 Å². The minimum Gasteiger partial charge on any atom is -0.495 e. The van der Waals surface area contributed by atoms with E-state index in [0.29, 0.717) is 34.5 Å². The number of aromatic nitrogens is 2. The second kappa shape index (κ2) is 8.56. The fourth-order valence-electron chi connectivity index (χ4n) is 2.85. The monoisotopic (exact) mass is 421 g/mol. The van der Waals surface area contributed by atoms with Crippen molar-refractivity contribution >= 4 is 35.6 Å². The first kappa shape index (κ1) is 21.4. The van der Waals surface area contributed by atoms with Gasteiger partial charge in [0.05, 0.1) is 24.0 Å². The predicted molar refractivity (Wildman–Crippen MR) is 121 cm³/mol. The molecule has 3 rings (SSSR count). The molecule has 154 valence electrons. The summed E-state index contributed by atoms with van der Waals surface area (Å²) in [5, 5.41) is 16.5. The quantitative estimate of drug-likeness (QED) is 0.556. The number of benzene rings is 2. The van der Waals surface area contributed by atoms with Crippen LogP contribution < -0.4 is 20.7 Å². The predicted octanol–water partition coefficient (Wildman–Crippen LogP) is 4.71. The molecule has 30 heavy (non-hydrogen) atoms. The van der Waals surface area contributed by atoms with Crippen molar-refractivity contribution in [3.8, 4) is 11.8 Å². The Morgan fingerprint density at radius 2 is 1.80 bits per heavy atom. The molecule has 0 unspecified atom stereocenters. The van der Waals surface area contributed by atoms with Crippen LogP contribution in [0.1, 0.15) is 16.7 Å². The fourth-order valence-corrected chi connectivity index (χ4v) is 3.72. The molecule has 0 aliphatic carbocycles. The molecule has 0 saturated carbocycles. The summed E-state index contributed by atoms with van der Waals surface area (Å²) in [5.41, 5.74) is 3.74. The summed E-state index contributed by atoms with van der Waals surface area (Å²) in [6.45, 7) is 7.27. The number of anilines is 4. The minimum atomic E-state index is -2.40. The summed E-state index contributed by atoms with van der Waals surface area (Å²) in [6.07, 6.45) is 1.70. The number of aryl methyl sites for hydroxylation is 2. The van der Waals surface area contributed by atoms with Gasteiger partial charge in [0, 0.05) is 17.1 Å². The average Bonchev–Trinajstić information content (AvgIpc) is 2.71. The van der Waals surface area contributed by atoms with Gasteiger partial charge in [-0.1, -0.05) is 6.07 Å². The van der Waals surface area contributed by atoms with Gasteiger partial charge in [0.2, 0.25) is 5.95 Å². The van der Waals surface area contributed by atoms with Gasteiger partial charge in [-0.15, -0.1) is 0 Å². The van der Waals surface area contributed by atoms with Crippen LogP contribution in [-0.4, -0.2) is 30.4 Å². The van der Waals surface area contributed by atoms with Gasteiger partial charge in [-0.3, -0.25) is 0 Å². The molecule has 0 bridgehead atoms. The number of methoxy groups -OCH3 is 1. The highest BCUT2D eigenvalue weighted by atomic mass is 31.2. The lowest BCUT2D eigenvalue weighted by atomic mass is 10.1. The van der Waals surface area contributed by atoms with Gasteiger partial charge < -0.3 is 19.9 Å². The zero-order valence-corrected chi connectivity index (χ0v) is 18.5. The van der Waals surface area contributed by atoms with E-state index in [-0.39, 0.29) is 0 Å². The highest BCUT2D eigenvalue weighted by Gasteiger charge is 2.15.